The second-order valence-electron chi connectivity index (χ2n) is 4.99. The highest BCUT2D eigenvalue weighted by molar-refractivity contribution is 6.42. The first-order chi connectivity index (χ1) is 11.0. The fourth-order valence-corrected chi connectivity index (χ4v) is 2.72. The van der Waals surface area contributed by atoms with E-state index in [4.69, 9.17) is 23.2 Å². The maximum absolute atomic E-state index is 11.7. The summed E-state index contributed by atoms with van der Waals surface area (Å²) in [5.74, 6) is -1.04. The lowest BCUT2D eigenvalue weighted by Crippen LogP contribution is -2.02. The number of carboxylic acids is 1. The van der Waals surface area contributed by atoms with Crippen LogP contribution < -0.4 is 0 Å². The molecule has 0 amide bonds. The van der Waals surface area contributed by atoms with Crippen LogP contribution in [0, 0.1) is 6.92 Å². The Morgan fingerprint density at radius 1 is 1.09 bits per heavy atom. The maximum Gasteiger partial charge on any atom is 0.339 e. The molecule has 0 aliphatic carbocycles. The van der Waals surface area contributed by atoms with E-state index in [0.29, 0.717) is 27.0 Å². The summed E-state index contributed by atoms with van der Waals surface area (Å²) in [4.78, 5) is 11.7. The molecule has 0 saturated heterocycles. The van der Waals surface area contributed by atoms with Crippen LogP contribution in [0.5, 0.6) is 0 Å². The van der Waals surface area contributed by atoms with Crippen molar-refractivity contribution in [3.05, 3.63) is 69.8 Å². The molecule has 2 aromatic carbocycles. The quantitative estimate of drug-likeness (QED) is 0.737. The van der Waals surface area contributed by atoms with Crippen LogP contribution in [0.2, 0.25) is 10.0 Å². The summed E-state index contributed by atoms with van der Waals surface area (Å²) < 4.78 is 1.61. The molecule has 4 nitrogen and oxygen atoms in total. The third-order valence-corrected chi connectivity index (χ3v) is 4.26. The molecule has 0 fully saturated rings. The zero-order valence-corrected chi connectivity index (χ0v) is 13.6. The van der Waals surface area contributed by atoms with Gasteiger partial charge >= 0.3 is 5.97 Å². The normalized spacial score (nSPS) is 10.7. The van der Waals surface area contributed by atoms with Gasteiger partial charge in [-0.3, -0.25) is 0 Å². The third kappa shape index (κ3) is 2.83. The highest BCUT2D eigenvalue weighted by Gasteiger charge is 2.22. The number of hydrogen-bond donors (Lipinski definition) is 1. The summed E-state index contributed by atoms with van der Waals surface area (Å²) in [5, 5.41) is 14.8. The number of nitrogens with zero attached hydrogens (tertiary/aromatic N) is 2. The predicted octanol–water partition coefficient (Wildman–Crippen LogP) is 4.85. The Morgan fingerprint density at radius 3 is 2.39 bits per heavy atom. The van der Waals surface area contributed by atoms with Gasteiger partial charge in [0.1, 0.15) is 11.3 Å². The molecular formula is C17H12Cl2N2O2. The first-order valence-electron chi connectivity index (χ1n) is 6.83. The molecule has 0 unspecified atom stereocenters. The first-order valence-corrected chi connectivity index (χ1v) is 7.58. The molecule has 0 spiro atoms. The summed E-state index contributed by atoms with van der Waals surface area (Å²) >= 11 is 12.0. The van der Waals surface area contributed by atoms with Crippen LogP contribution in [0.4, 0.5) is 0 Å². The Bertz CT molecular complexity index is 889. The van der Waals surface area contributed by atoms with Crippen molar-refractivity contribution >= 4 is 29.2 Å². The van der Waals surface area contributed by atoms with E-state index in [1.807, 2.05) is 30.3 Å². The predicted molar refractivity (Wildman–Crippen MR) is 90.7 cm³/mol. The minimum absolute atomic E-state index is 0.146. The van der Waals surface area contributed by atoms with Crippen LogP contribution in [0.1, 0.15) is 16.1 Å². The minimum Gasteiger partial charge on any atom is -0.478 e. The molecule has 116 valence electrons. The van der Waals surface area contributed by atoms with Gasteiger partial charge in [-0.25, -0.2) is 9.48 Å². The Kier molecular flexibility index (Phi) is 4.11. The van der Waals surface area contributed by atoms with E-state index < -0.39 is 5.97 Å². The van der Waals surface area contributed by atoms with Gasteiger partial charge in [-0.15, -0.1) is 0 Å². The van der Waals surface area contributed by atoms with Crippen molar-refractivity contribution in [3.8, 4) is 16.9 Å². The van der Waals surface area contributed by atoms with E-state index in [9.17, 15) is 9.90 Å². The minimum atomic E-state index is -1.04. The maximum atomic E-state index is 11.7. The summed E-state index contributed by atoms with van der Waals surface area (Å²) in [7, 11) is 0. The molecule has 23 heavy (non-hydrogen) atoms. The topological polar surface area (TPSA) is 55.1 Å². The van der Waals surface area contributed by atoms with Crippen LogP contribution in [0.25, 0.3) is 16.9 Å². The number of benzene rings is 2. The zero-order valence-electron chi connectivity index (χ0n) is 12.1. The lowest BCUT2D eigenvalue weighted by molar-refractivity contribution is 0.0697. The average Bonchev–Trinajstić information content (AvgIpc) is 2.88. The Hall–Kier alpha value is -2.30. The number of aromatic nitrogens is 2. The van der Waals surface area contributed by atoms with Crippen molar-refractivity contribution in [2.75, 3.05) is 0 Å². The fourth-order valence-electron chi connectivity index (χ4n) is 2.42. The molecule has 1 aromatic heterocycles. The van der Waals surface area contributed by atoms with Crippen molar-refractivity contribution in [2.45, 2.75) is 6.92 Å². The van der Waals surface area contributed by atoms with E-state index in [1.165, 1.54) is 0 Å². The standard InChI is InChI=1S/C17H12Cl2N2O2/c1-10-15(17(22)23)16(11-7-8-13(18)14(19)9-11)20-21(10)12-5-3-2-4-6-12/h2-9H,1H3,(H,22,23). The van der Waals surface area contributed by atoms with E-state index in [1.54, 1.807) is 29.8 Å². The molecule has 1 N–H and O–H groups in total. The van der Waals surface area contributed by atoms with E-state index in [2.05, 4.69) is 5.10 Å². The number of aromatic carboxylic acids is 1. The SMILES string of the molecule is Cc1c(C(=O)O)c(-c2ccc(Cl)c(Cl)c2)nn1-c1ccccc1. The highest BCUT2D eigenvalue weighted by Crippen LogP contribution is 2.31. The number of rotatable bonds is 3. The van der Waals surface area contributed by atoms with E-state index in [0.717, 1.165) is 5.69 Å². The number of hydrogen-bond acceptors (Lipinski definition) is 2. The molecule has 3 aromatic rings. The molecule has 0 aliphatic rings. The Balaban J connectivity index is 2.24. The van der Waals surface area contributed by atoms with Crippen molar-refractivity contribution in [1.29, 1.82) is 0 Å². The first kappa shape index (κ1) is 15.6. The number of carboxylic acid groups (broad SMARTS) is 1. The molecule has 1 heterocycles. The summed E-state index contributed by atoms with van der Waals surface area (Å²) in [6, 6.07) is 14.3. The van der Waals surface area contributed by atoms with Crippen molar-refractivity contribution in [3.63, 3.8) is 0 Å². The monoisotopic (exact) mass is 346 g/mol. The molecule has 6 heteroatoms. The van der Waals surface area contributed by atoms with E-state index in [-0.39, 0.29) is 5.56 Å². The van der Waals surface area contributed by atoms with Gasteiger partial charge in [-0.05, 0) is 31.2 Å². The lowest BCUT2D eigenvalue weighted by atomic mass is 10.1. The van der Waals surface area contributed by atoms with Gasteiger partial charge in [-0.1, -0.05) is 47.5 Å². The van der Waals surface area contributed by atoms with Gasteiger partial charge in [0.2, 0.25) is 0 Å². The van der Waals surface area contributed by atoms with Gasteiger partial charge in [0.25, 0.3) is 0 Å². The fraction of sp³-hybridized carbons (Fsp3) is 0.0588. The number of halogens is 2. The average molecular weight is 347 g/mol. The number of para-hydroxylation sites is 1. The zero-order chi connectivity index (χ0) is 16.6. The van der Waals surface area contributed by atoms with Crippen LogP contribution >= 0.6 is 23.2 Å². The molecule has 3 rings (SSSR count). The second kappa shape index (κ2) is 6.07. The second-order valence-corrected chi connectivity index (χ2v) is 5.80. The Morgan fingerprint density at radius 2 is 1.78 bits per heavy atom. The van der Waals surface area contributed by atoms with Gasteiger partial charge in [-0.2, -0.15) is 5.10 Å². The van der Waals surface area contributed by atoms with Gasteiger partial charge in [0.05, 0.1) is 21.4 Å². The van der Waals surface area contributed by atoms with Crippen molar-refractivity contribution < 1.29 is 9.90 Å². The largest absolute Gasteiger partial charge is 0.478 e. The van der Waals surface area contributed by atoms with E-state index >= 15 is 0 Å². The smallest absolute Gasteiger partial charge is 0.339 e. The van der Waals surface area contributed by atoms with Gasteiger partial charge in [0, 0.05) is 5.56 Å². The van der Waals surface area contributed by atoms with Gasteiger partial charge in [0.15, 0.2) is 0 Å². The summed E-state index contributed by atoms with van der Waals surface area (Å²) in [6.07, 6.45) is 0. The molecule has 0 bridgehead atoms. The molecule has 0 atom stereocenters. The van der Waals surface area contributed by atoms with Crippen LogP contribution in [0.15, 0.2) is 48.5 Å². The molecule has 0 radical (unpaired) electrons. The molecular weight excluding hydrogens is 335 g/mol. The lowest BCUT2D eigenvalue weighted by Gasteiger charge is -2.03. The molecule has 0 saturated carbocycles. The van der Waals surface area contributed by atoms with Crippen molar-refractivity contribution in [2.24, 2.45) is 0 Å². The summed E-state index contributed by atoms with van der Waals surface area (Å²) in [6.45, 7) is 1.73. The summed E-state index contributed by atoms with van der Waals surface area (Å²) in [5.41, 5.74) is 2.45. The molecule has 0 aliphatic heterocycles. The van der Waals surface area contributed by atoms with Crippen LogP contribution in [-0.2, 0) is 0 Å². The van der Waals surface area contributed by atoms with Crippen molar-refractivity contribution in [1.82, 2.24) is 9.78 Å². The highest BCUT2D eigenvalue weighted by atomic mass is 35.5. The Labute approximate surface area is 142 Å². The third-order valence-electron chi connectivity index (χ3n) is 3.52. The van der Waals surface area contributed by atoms with Gasteiger partial charge < -0.3 is 5.11 Å². The van der Waals surface area contributed by atoms with Crippen LogP contribution in [-0.4, -0.2) is 20.9 Å². The van der Waals surface area contributed by atoms with Crippen LogP contribution in [0.3, 0.4) is 0 Å². The number of carbonyl (C=O) groups is 1.